The molecule has 4 heterocycles. The fourth-order valence-corrected chi connectivity index (χ4v) is 6.90. The molecule has 202 valence electrons. The summed E-state index contributed by atoms with van der Waals surface area (Å²) in [6.45, 7) is -0.951. The molecular weight excluding hydrogens is 562 g/mol. The van der Waals surface area contributed by atoms with Gasteiger partial charge in [-0.25, -0.2) is 9.78 Å². The Morgan fingerprint density at radius 1 is 1.39 bits per heavy atom. The highest BCUT2D eigenvalue weighted by atomic mass is 32.2. The minimum absolute atomic E-state index is 0.00643. The number of carbonyl (C=O) groups excluding carboxylic acids is 3. The Morgan fingerprint density at radius 3 is 2.82 bits per heavy atom. The fraction of sp³-hybridized carbons (Fsp3) is 0.368. The number of β-lactam (4-membered cyclic amide) rings is 1. The number of carboxylic acid groups (broad SMARTS) is 2. The minimum atomic E-state index is -1.41. The van der Waals surface area contributed by atoms with Gasteiger partial charge in [0, 0.05) is 34.9 Å². The molecule has 2 aliphatic heterocycles. The lowest BCUT2D eigenvalue weighted by Gasteiger charge is -2.55. The van der Waals surface area contributed by atoms with E-state index >= 15 is 0 Å². The average molecular weight is 584 g/mol. The summed E-state index contributed by atoms with van der Waals surface area (Å²) in [5.74, 6) is 2.14. The van der Waals surface area contributed by atoms with Crippen molar-refractivity contribution in [1.82, 2.24) is 20.2 Å². The van der Waals surface area contributed by atoms with Gasteiger partial charge in [-0.2, -0.15) is 0 Å². The average Bonchev–Trinajstić information content (AvgIpc) is 3.30. The van der Waals surface area contributed by atoms with E-state index in [-0.39, 0.29) is 45.6 Å². The third-order valence-electron chi connectivity index (χ3n) is 5.52. The Kier molecular flexibility index (Phi) is 7.78. The van der Waals surface area contributed by atoms with Crippen LogP contribution in [0, 0.1) is 5.41 Å². The van der Waals surface area contributed by atoms with Crippen LogP contribution in [0.3, 0.4) is 0 Å². The van der Waals surface area contributed by atoms with Crippen LogP contribution >= 0.6 is 34.9 Å². The van der Waals surface area contributed by atoms with Gasteiger partial charge >= 0.3 is 11.1 Å². The lowest BCUT2D eigenvalue weighted by Crippen LogP contribution is -2.75. The smallest absolute Gasteiger partial charge is 0.384 e. The second-order valence-electron chi connectivity index (χ2n) is 8.20. The summed E-state index contributed by atoms with van der Waals surface area (Å²) >= 11 is 3.26. The van der Waals surface area contributed by atoms with E-state index in [0.717, 1.165) is 23.1 Å². The van der Waals surface area contributed by atoms with Crippen LogP contribution in [0.2, 0.25) is 0 Å². The first-order valence-electron chi connectivity index (χ1n) is 10.6. The van der Waals surface area contributed by atoms with Gasteiger partial charge in [-0.1, -0.05) is 5.16 Å². The predicted molar refractivity (Wildman–Crippen MR) is 134 cm³/mol. The number of carbonyl (C=O) groups is 4. The molecule has 2 fully saturated rings. The third kappa shape index (κ3) is 5.53. The topological polar surface area (TPSA) is 256 Å². The number of fused-ring (bicyclic) bond motifs is 1. The Hall–Kier alpha value is -3.84. The molecule has 0 aliphatic carbocycles. The van der Waals surface area contributed by atoms with Crippen LogP contribution in [0.15, 0.2) is 28.0 Å². The molecule has 3 atom stereocenters. The van der Waals surface area contributed by atoms with Crippen molar-refractivity contribution in [3.8, 4) is 0 Å². The second-order valence-corrected chi connectivity index (χ2v) is 11.1. The van der Waals surface area contributed by atoms with E-state index in [4.69, 9.17) is 27.3 Å². The fourth-order valence-electron chi connectivity index (χ4n) is 3.60. The van der Waals surface area contributed by atoms with E-state index in [1.807, 2.05) is 0 Å². The largest absolute Gasteiger partial charge is 0.549 e. The van der Waals surface area contributed by atoms with Crippen molar-refractivity contribution < 1.29 is 38.9 Å². The van der Waals surface area contributed by atoms with Gasteiger partial charge in [0.25, 0.3) is 5.91 Å². The Bertz CT molecular complexity index is 1320. The number of aromatic nitrogens is 3. The maximum atomic E-state index is 12.9. The van der Waals surface area contributed by atoms with Crippen LogP contribution in [-0.4, -0.2) is 85.5 Å². The number of hydrogen-bond acceptors (Lipinski definition) is 15. The number of hydrogen-bond donors (Lipinski definition) is 5. The van der Waals surface area contributed by atoms with Crippen molar-refractivity contribution in [1.29, 1.82) is 0 Å². The molecule has 19 heteroatoms. The molecule has 2 aliphatic rings. The second kappa shape index (κ2) is 10.9. The van der Waals surface area contributed by atoms with Crippen molar-refractivity contribution in [2.75, 3.05) is 42.0 Å². The van der Waals surface area contributed by atoms with E-state index in [1.54, 1.807) is 0 Å². The summed E-state index contributed by atoms with van der Waals surface area (Å²) in [5.41, 5.74) is 9.56. The molecule has 0 spiro atoms. The van der Waals surface area contributed by atoms with Crippen molar-refractivity contribution in [2.24, 2.45) is 10.6 Å². The van der Waals surface area contributed by atoms with Crippen molar-refractivity contribution in [3.63, 3.8) is 0 Å². The molecule has 38 heavy (non-hydrogen) atoms. The Morgan fingerprint density at radius 2 is 2.16 bits per heavy atom. The van der Waals surface area contributed by atoms with Crippen LogP contribution in [0.1, 0.15) is 5.69 Å². The molecule has 2 unspecified atom stereocenters. The summed E-state index contributed by atoms with van der Waals surface area (Å²) in [4.78, 5) is 62.9. The molecule has 2 amide bonds. The quantitative estimate of drug-likeness (QED) is 0.0345. The van der Waals surface area contributed by atoms with E-state index < -0.39 is 47.2 Å². The number of thioether (sulfide) groups is 2. The maximum Gasteiger partial charge on any atom is 0.384 e. The van der Waals surface area contributed by atoms with Crippen LogP contribution in [0.25, 0.3) is 0 Å². The van der Waals surface area contributed by atoms with Gasteiger partial charge in [0.15, 0.2) is 10.8 Å². The number of anilines is 2. The number of oxime groups is 1. The normalized spacial score (nSPS) is 22.8. The molecule has 2 saturated heterocycles. The standard InChI is InChI=1S/C19H21N9O7S3/c20-9-1-2-28(22)18(24-9)38-7-19(16(33)34)5-27-14(32)12(15(27)37-6-19)25-13(31)11(26-35-3-10(29)30)8-4-36-17(21)23-8/h1-2,4,12,15,20H,3,5-7,22H2,(H5,21,23,25,29,30,31,33,34)/t12?,15-,19?/m1/s1. The highest BCUT2D eigenvalue weighted by Gasteiger charge is 2.56. The van der Waals surface area contributed by atoms with Gasteiger partial charge in [0.1, 0.15) is 23.3 Å². The van der Waals surface area contributed by atoms with Crippen LogP contribution in [-0.2, 0) is 24.0 Å². The minimum Gasteiger partial charge on any atom is -0.549 e. The molecule has 0 aromatic carbocycles. The van der Waals surface area contributed by atoms with E-state index in [1.165, 1.54) is 39.0 Å². The summed E-state index contributed by atoms with van der Waals surface area (Å²) in [6, 6.07) is 0.507. The van der Waals surface area contributed by atoms with E-state index in [2.05, 4.69) is 20.4 Å². The number of thiazole rings is 1. The molecule has 0 bridgehead atoms. The SMILES string of the molecule is Nc1cc[n+](N)c(SCC2(C(=O)[O-])CS[C@@H]3C(NC(=O)C(=NOCC(=O)O)c4csc(N)n4)C(=O)N3C2)n1. The third-order valence-corrected chi connectivity index (χ3v) is 9.04. The number of amides is 2. The molecule has 0 radical (unpaired) electrons. The first-order chi connectivity index (χ1) is 18.0. The lowest BCUT2D eigenvalue weighted by molar-refractivity contribution is -0.682. The highest BCUT2D eigenvalue weighted by molar-refractivity contribution is 8.00. The Labute approximate surface area is 226 Å². The van der Waals surface area contributed by atoms with Gasteiger partial charge in [-0.05, 0) is 16.7 Å². The van der Waals surface area contributed by atoms with Crippen LogP contribution in [0.4, 0.5) is 10.9 Å². The summed E-state index contributed by atoms with van der Waals surface area (Å²) in [7, 11) is 0. The van der Waals surface area contributed by atoms with Crippen molar-refractivity contribution in [3.05, 3.63) is 23.3 Å². The number of nitrogen functional groups attached to an aromatic ring is 3. The van der Waals surface area contributed by atoms with Gasteiger partial charge < -0.3 is 41.5 Å². The van der Waals surface area contributed by atoms with E-state index in [9.17, 15) is 24.3 Å². The maximum absolute atomic E-state index is 12.9. The van der Waals surface area contributed by atoms with Crippen LogP contribution < -0.4 is 32.4 Å². The molecule has 0 saturated carbocycles. The molecule has 8 N–H and O–H groups in total. The number of nitrogens with one attached hydrogen (secondary N) is 1. The number of nitrogens with two attached hydrogens (primary N) is 3. The zero-order chi connectivity index (χ0) is 27.6. The molecular formula is C19H21N9O7S3. The first-order valence-corrected chi connectivity index (χ1v) is 13.6. The van der Waals surface area contributed by atoms with Gasteiger partial charge in [0.05, 0.1) is 5.97 Å². The molecule has 16 nitrogen and oxygen atoms in total. The number of nitrogens with zero attached hydrogens (tertiary/aromatic N) is 5. The highest BCUT2D eigenvalue weighted by Crippen LogP contribution is 2.43. The molecule has 4 rings (SSSR count). The molecule has 2 aromatic heterocycles. The Balaban J connectivity index is 1.44. The van der Waals surface area contributed by atoms with Crippen molar-refractivity contribution in [2.45, 2.75) is 16.6 Å². The number of rotatable bonds is 10. The zero-order valence-corrected chi connectivity index (χ0v) is 21.8. The van der Waals surface area contributed by atoms with Gasteiger partial charge in [0.2, 0.25) is 18.3 Å². The monoisotopic (exact) mass is 583 g/mol. The number of aliphatic carboxylic acids is 2. The summed E-state index contributed by atoms with van der Waals surface area (Å²) in [6.07, 6.45) is 1.48. The molecule has 2 aromatic rings. The van der Waals surface area contributed by atoms with Crippen LogP contribution in [0.5, 0.6) is 0 Å². The van der Waals surface area contributed by atoms with Crippen molar-refractivity contribution >= 4 is 75.3 Å². The predicted octanol–water partition coefficient (Wildman–Crippen LogP) is -3.56. The van der Waals surface area contributed by atoms with E-state index in [0.29, 0.717) is 0 Å². The van der Waals surface area contributed by atoms with Gasteiger partial charge in [-0.3, -0.25) is 15.4 Å². The lowest BCUT2D eigenvalue weighted by atomic mass is 9.89. The van der Waals surface area contributed by atoms with Gasteiger partial charge in [-0.15, -0.1) is 27.8 Å². The number of carboxylic acids is 2. The zero-order valence-electron chi connectivity index (χ0n) is 19.3. The first kappa shape index (κ1) is 27.2. The summed E-state index contributed by atoms with van der Waals surface area (Å²) < 4.78 is 1.21. The summed E-state index contributed by atoms with van der Waals surface area (Å²) in [5, 5.41) is 28.3.